The number of ether oxygens (including phenoxy) is 1. The standard InChI is InChI=1S/C9H17NO9S.K/c1-4(10-19-20(15,16)17)2-5-7(12)9(14)8(13)6(3-11)18-5;/h5-9,11-14H,2-3H2,1H3,(H,15,16,17);/q;+1/p-1/b10-4-;/t5-,6+,7-,8+,9+;/m0./s1. The number of rotatable bonds is 5. The maximum atomic E-state index is 10.2. The van der Waals surface area contributed by atoms with Gasteiger partial charge in [0.1, 0.15) is 24.4 Å². The summed E-state index contributed by atoms with van der Waals surface area (Å²) in [6, 6.07) is 0. The molecule has 0 unspecified atom stereocenters. The van der Waals surface area contributed by atoms with Crippen LogP contribution in [0.25, 0.3) is 0 Å². The normalized spacial score (nSPS) is 34.2. The number of aliphatic hydroxyl groups is 4. The molecule has 1 saturated heterocycles. The van der Waals surface area contributed by atoms with Crippen LogP contribution in [-0.4, -0.2) is 76.2 Å². The minimum atomic E-state index is -4.98. The molecule has 0 saturated carbocycles. The van der Waals surface area contributed by atoms with Crippen molar-refractivity contribution in [3.05, 3.63) is 0 Å². The van der Waals surface area contributed by atoms with Gasteiger partial charge in [-0.05, 0) is 6.92 Å². The third kappa shape index (κ3) is 6.84. The molecule has 1 heterocycles. The molecule has 0 amide bonds. The van der Waals surface area contributed by atoms with Crippen LogP contribution in [0.1, 0.15) is 13.3 Å². The van der Waals surface area contributed by atoms with Gasteiger partial charge in [0.15, 0.2) is 0 Å². The van der Waals surface area contributed by atoms with Gasteiger partial charge in [-0.15, -0.1) is 0 Å². The Labute approximate surface area is 164 Å². The fourth-order valence-electron chi connectivity index (χ4n) is 1.78. The summed E-state index contributed by atoms with van der Waals surface area (Å²) in [5.41, 5.74) is 0.00811. The summed E-state index contributed by atoms with van der Waals surface area (Å²) < 4.78 is 39.5. The molecule has 0 spiro atoms. The van der Waals surface area contributed by atoms with E-state index in [1.165, 1.54) is 6.92 Å². The van der Waals surface area contributed by atoms with Crippen LogP contribution in [-0.2, 0) is 19.4 Å². The van der Waals surface area contributed by atoms with Crippen LogP contribution in [0.4, 0.5) is 0 Å². The van der Waals surface area contributed by atoms with Crippen LogP contribution in [0.15, 0.2) is 5.16 Å². The van der Waals surface area contributed by atoms with E-state index in [4.69, 9.17) is 9.84 Å². The Morgan fingerprint density at radius 3 is 2.24 bits per heavy atom. The van der Waals surface area contributed by atoms with Crippen LogP contribution in [0, 0.1) is 0 Å². The van der Waals surface area contributed by atoms with Crippen LogP contribution in [0.3, 0.4) is 0 Å². The van der Waals surface area contributed by atoms with Crippen LogP contribution in [0.5, 0.6) is 0 Å². The monoisotopic (exact) mass is 353 g/mol. The van der Waals surface area contributed by atoms with Gasteiger partial charge in [-0.1, -0.05) is 5.16 Å². The summed E-state index contributed by atoms with van der Waals surface area (Å²) in [5, 5.41) is 40.8. The molecule has 0 bridgehead atoms. The van der Waals surface area contributed by atoms with Crippen molar-refractivity contribution in [1.29, 1.82) is 0 Å². The SMILES string of the molecule is C/C(C[C@@H]1O[C@H](CO)[C@@H](O)[C@H](O)[C@H]1O)=N/OS(=O)(=O)[O-].[K+]. The van der Waals surface area contributed by atoms with Gasteiger partial charge in [-0.2, -0.15) is 8.42 Å². The first-order valence-electron chi connectivity index (χ1n) is 5.64. The van der Waals surface area contributed by atoms with Crippen molar-refractivity contribution in [3.63, 3.8) is 0 Å². The topological polar surface area (TPSA) is 169 Å². The summed E-state index contributed by atoms with van der Waals surface area (Å²) in [7, 11) is -4.98. The fourth-order valence-corrected chi connectivity index (χ4v) is 2.00. The summed E-state index contributed by atoms with van der Waals surface area (Å²) >= 11 is 0. The Morgan fingerprint density at radius 1 is 1.24 bits per heavy atom. The average Bonchev–Trinajstić information content (AvgIpc) is 2.36. The number of hydrogen-bond acceptors (Lipinski definition) is 10. The molecule has 0 aromatic heterocycles. The third-order valence-corrected chi connectivity index (χ3v) is 3.03. The minimum Gasteiger partial charge on any atom is -0.714 e. The molecule has 1 aliphatic heterocycles. The van der Waals surface area contributed by atoms with Gasteiger partial charge >= 0.3 is 51.4 Å². The second kappa shape index (κ2) is 9.19. The van der Waals surface area contributed by atoms with E-state index in [1.807, 2.05) is 0 Å². The third-order valence-electron chi connectivity index (χ3n) is 2.77. The molecule has 1 rings (SSSR count). The van der Waals surface area contributed by atoms with Crippen molar-refractivity contribution in [2.75, 3.05) is 6.61 Å². The largest absolute Gasteiger partial charge is 1.00 e. The van der Waals surface area contributed by atoms with Crippen molar-refractivity contribution in [2.24, 2.45) is 5.16 Å². The van der Waals surface area contributed by atoms with Crippen LogP contribution in [0.2, 0.25) is 0 Å². The van der Waals surface area contributed by atoms with Gasteiger partial charge in [0.25, 0.3) is 10.4 Å². The Kier molecular flexibility index (Phi) is 9.55. The molecule has 0 aromatic carbocycles. The van der Waals surface area contributed by atoms with Crippen molar-refractivity contribution in [1.82, 2.24) is 0 Å². The van der Waals surface area contributed by atoms with Gasteiger partial charge in [0.2, 0.25) is 0 Å². The molecule has 0 radical (unpaired) electrons. The molecule has 5 atom stereocenters. The first-order valence-corrected chi connectivity index (χ1v) is 6.97. The van der Waals surface area contributed by atoms with E-state index in [9.17, 15) is 28.3 Å². The Morgan fingerprint density at radius 2 is 1.76 bits per heavy atom. The van der Waals surface area contributed by atoms with E-state index >= 15 is 0 Å². The van der Waals surface area contributed by atoms with Gasteiger partial charge in [-0.3, -0.25) is 4.28 Å². The van der Waals surface area contributed by atoms with E-state index < -0.39 is 47.5 Å². The zero-order valence-corrected chi connectivity index (χ0v) is 15.4. The van der Waals surface area contributed by atoms with Crippen molar-refractivity contribution < 1.29 is 93.8 Å². The summed E-state index contributed by atoms with van der Waals surface area (Å²) in [4.78, 5) is 0. The second-order valence-electron chi connectivity index (χ2n) is 4.38. The maximum Gasteiger partial charge on any atom is 1.00 e. The molecule has 0 aromatic rings. The van der Waals surface area contributed by atoms with E-state index in [0.29, 0.717) is 0 Å². The molecule has 4 N–H and O–H groups in total. The minimum absolute atomic E-state index is 0. The maximum absolute atomic E-state index is 10.2. The average molecular weight is 353 g/mol. The zero-order valence-electron chi connectivity index (χ0n) is 11.5. The molecule has 21 heavy (non-hydrogen) atoms. The first kappa shape index (κ1) is 21.8. The molecular formula is C9H16KNO9S. The van der Waals surface area contributed by atoms with Gasteiger partial charge in [-0.25, -0.2) is 0 Å². The van der Waals surface area contributed by atoms with E-state index in [-0.39, 0.29) is 63.5 Å². The van der Waals surface area contributed by atoms with Crippen LogP contribution >= 0.6 is 0 Å². The van der Waals surface area contributed by atoms with Gasteiger partial charge in [0.05, 0.1) is 18.4 Å². The smallest absolute Gasteiger partial charge is 0.714 e. The summed E-state index contributed by atoms with van der Waals surface area (Å²) in [5.74, 6) is 0. The molecule has 0 aliphatic carbocycles. The molecule has 1 fully saturated rings. The van der Waals surface area contributed by atoms with Gasteiger partial charge < -0.3 is 29.7 Å². The predicted octanol–water partition coefficient (Wildman–Crippen LogP) is -5.92. The Hall–Kier alpha value is 0.816. The number of nitrogens with zero attached hydrogens (tertiary/aromatic N) is 1. The number of oxime groups is 1. The first-order chi connectivity index (χ1) is 9.15. The molecule has 1 aliphatic rings. The molecule has 10 nitrogen and oxygen atoms in total. The summed E-state index contributed by atoms with van der Waals surface area (Å²) in [6.45, 7) is 0.732. The van der Waals surface area contributed by atoms with Crippen molar-refractivity contribution >= 4 is 16.1 Å². The second-order valence-corrected chi connectivity index (χ2v) is 5.35. The van der Waals surface area contributed by atoms with Crippen LogP contribution < -0.4 is 51.4 Å². The quantitative estimate of drug-likeness (QED) is 0.124. The van der Waals surface area contributed by atoms with E-state index in [2.05, 4.69) is 9.44 Å². The Bertz CT molecular complexity index is 454. The molecular weight excluding hydrogens is 337 g/mol. The van der Waals surface area contributed by atoms with Crippen molar-refractivity contribution in [3.8, 4) is 0 Å². The van der Waals surface area contributed by atoms with E-state index in [1.54, 1.807) is 0 Å². The fraction of sp³-hybridized carbons (Fsp3) is 0.889. The summed E-state index contributed by atoms with van der Waals surface area (Å²) in [6.07, 6.45) is -6.79. The van der Waals surface area contributed by atoms with Crippen molar-refractivity contribution in [2.45, 2.75) is 43.9 Å². The molecule has 118 valence electrons. The Balaban J connectivity index is 0.00000400. The predicted molar refractivity (Wildman–Crippen MR) is 62.3 cm³/mol. The number of aliphatic hydroxyl groups excluding tert-OH is 4. The zero-order chi connectivity index (χ0) is 15.5. The molecule has 12 heteroatoms. The van der Waals surface area contributed by atoms with E-state index in [0.717, 1.165) is 0 Å². The van der Waals surface area contributed by atoms with Gasteiger partial charge in [0, 0.05) is 6.42 Å². The number of hydrogen-bond donors (Lipinski definition) is 4.